The molecule has 0 aliphatic rings. The number of aromatic nitrogens is 1. The number of carbonyl (C=O) groups is 1. The maximum atomic E-state index is 11.9. The molecule has 2 rings (SSSR count). The summed E-state index contributed by atoms with van der Waals surface area (Å²) in [6.07, 6.45) is 1.58. The van der Waals surface area contributed by atoms with Crippen molar-refractivity contribution in [2.45, 2.75) is 34.2 Å². The van der Waals surface area contributed by atoms with Gasteiger partial charge in [0, 0.05) is 17.8 Å². The van der Waals surface area contributed by atoms with Crippen molar-refractivity contribution in [3.8, 4) is 0 Å². The third kappa shape index (κ3) is 4.16. The standard InChI is InChI=1S/C18H21N3O2/c1-12-9-13(2)18(14(3)10-12)15(4)19-20-16(22)11-21-8-6-5-7-17(21)23/h5-10H,11H2,1-4H3,(H,20,22)/b19-15-. The molecule has 1 aromatic carbocycles. The molecule has 0 fully saturated rings. The largest absolute Gasteiger partial charge is 0.306 e. The Bertz CT molecular complexity index is 796. The number of nitrogens with zero attached hydrogens (tertiary/aromatic N) is 2. The minimum Gasteiger partial charge on any atom is -0.306 e. The van der Waals surface area contributed by atoms with Crippen molar-refractivity contribution in [2.24, 2.45) is 5.10 Å². The van der Waals surface area contributed by atoms with Gasteiger partial charge < -0.3 is 4.57 Å². The molecular formula is C18H21N3O2. The average Bonchev–Trinajstić information content (AvgIpc) is 2.46. The number of hydrazone groups is 1. The van der Waals surface area contributed by atoms with Crippen molar-refractivity contribution in [1.29, 1.82) is 0 Å². The molecule has 0 aliphatic heterocycles. The zero-order valence-corrected chi connectivity index (χ0v) is 13.9. The second-order valence-electron chi connectivity index (χ2n) is 5.67. The van der Waals surface area contributed by atoms with Gasteiger partial charge in [-0.2, -0.15) is 5.10 Å². The van der Waals surface area contributed by atoms with Gasteiger partial charge in [0.15, 0.2) is 0 Å². The fourth-order valence-corrected chi connectivity index (χ4v) is 2.73. The fourth-order valence-electron chi connectivity index (χ4n) is 2.73. The molecular weight excluding hydrogens is 290 g/mol. The summed E-state index contributed by atoms with van der Waals surface area (Å²) in [6, 6.07) is 8.95. The van der Waals surface area contributed by atoms with Crippen LogP contribution in [0.4, 0.5) is 0 Å². The highest BCUT2D eigenvalue weighted by molar-refractivity contribution is 6.01. The van der Waals surface area contributed by atoms with Crippen molar-refractivity contribution in [3.05, 3.63) is 69.1 Å². The lowest BCUT2D eigenvalue weighted by Gasteiger charge is -2.11. The summed E-state index contributed by atoms with van der Waals surface area (Å²) in [4.78, 5) is 23.5. The van der Waals surface area contributed by atoms with Crippen LogP contribution in [0.15, 0.2) is 46.4 Å². The first-order valence-electron chi connectivity index (χ1n) is 7.45. The van der Waals surface area contributed by atoms with E-state index in [0.29, 0.717) is 0 Å². The van der Waals surface area contributed by atoms with E-state index in [-0.39, 0.29) is 18.0 Å². The summed E-state index contributed by atoms with van der Waals surface area (Å²) in [6.45, 7) is 7.91. The van der Waals surface area contributed by atoms with Gasteiger partial charge in [-0.1, -0.05) is 23.8 Å². The zero-order chi connectivity index (χ0) is 17.0. The molecule has 23 heavy (non-hydrogen) atoms. The fraction of sp³-hybridized carbons (Fsp3) is 0.278. The smallest absolute Gasteiger partial charge is 0.260 e. The number of carbonyl (C=O) groups excluding carboxylic acids is 1. The number of nitrogens with one attached hydrogen (secondary N) is 1. The zero-order valence-electron chi connectivity index (χ0n) is 13.9. The van der Waals surface area contributed by atoms with E-state index in [4.69, 9.17) is 0 Å². The maximum Gasteiger partial charge on any atom is 0.260 e. The molecule has 0 aliphatic carbocycles. The van der Waals surface area contributed by atoms with Gasteiger partial charge in [-0.25, -0.2) is 5.43 Å². The van der Waals surface area contributed by atoms with Gasteiger partial charge >= 0.3 is 0 Å². The van der Waals surface area contributed by atoms with Crippen molar-refractivity contribution < 1.29 is 4.79 Å². The van der Waals surface area contributed by atoms with Crippen LogP contribution in [0.25, 0.3) is 0 Å². The summed E-state index contributed by atoms with van der Waals surface area (Å²) in [7, 11) is 0. The molecule has 0 atom stereocenters. The van der Waals surface area contributed by atoms with Crippen LogP contribution in [0.3, 0.4) is 0 Å². The van der Waals surface area contributed by atoms with Crippen LogP contribution in [0, 0.1) is 20.8 Å². The van der Waals surface area contributed by atoms with Crippen LogP contribution >= 0.6 is 0 Å². The molecule has 5 nitrogen and oxygen atoms in total. The Balaban J connectivity index is 2.12. The molecule has 1 amide bonds. The van der Waals surface area contributed by atoms with Gasteiger partial charge in [0.25, 0.3) is 11.5 Å². The minimum atomic E-state index is -0.333. The van der Waals surface area contributed by atoms with Crippen LogP contribution in [-0.2, 0) is 11.3 Å². The van der Waals surface area contributed by atoms with Crippen molar-refractivity contribution in [3.63, 3.8) is 0 Å². The van der Waals surface area contributed by atoms with E-state index >= 15 is 0 Å². The number of rotatable bonds is 4. The van der Waals surface area contributed by atoms with E-state index < -0.39 is 0 Å². The highest BCUT2D eigenvalue weighted by Gasteiger charge is 2.08. The summed E-state index contributed by atoms with van der Waals surface area (Å²) in [5.74, 6) is -0.333. The van der Waals surface area contributed by atoms with Gasteiger partial charge in [0.2, 0.25) is 0 Å². The topological polar surface area (TPSA) is 63.5 Å². The Morgan fingerprint density at radius 1 is 1.17 bits per heavy atom. The summed E-state index contributed by atoms with van der Waals surface area (Å²) < 4.78 is 1.34. The first kappa shape index (κ1) is 16.7. The molecule has 0 spiro atoms. The Morgan fingerprint density at radius 2 is 1.83 bits per heavy atom. The third-order valence-electron chi connectivity index (χ3n) is 3.60. The maximum absolute atomic E-state index is 11.9. The second-order valence-corrected chi connectivity index (χ2v) is 5.67. The lowest BCUT2D eigenvalue weighted by Crippen LogP contribution is -2.29. The molecule has 5 heteroatoms. The van der Waals surface area contributed by atoms with E-state index in [0.717, 1.165) is 22.4 Å². The first-order chi connectivity index (χ1) is 10.9. The molecule has 0 unspecified atom stereocenters. The quantitative estimate of drug-likeness (QED) is 0.695. The third-order valence-corrected chi connectivity index (χ3v) is 3.60. The second kappa shape index (κ2) is 7.05. The van der Waals surface area contributed by atoms with E-state index in [1.165, 1.54) is 16.2 Å². The van der Waals surface area contributed by atoms with Crippen LogP contribution in [0.5, 0.6) is 0 Å². The average molecular weight is 311 g/mol. The van der Waals surface area contributed by atoms with Crippen LogP contribution in [-0.4, -0.2) is 16.2 Å². The number of hydrogen-bond acceptors (Lipinski definition) is 3. The number of hydrogen-bond donors (Lipinski definition) is 1. The number of aryl methyl sites for hydroxylation is 3. The molecule has 0 radical (unpaired) electrons. The monoisotopic (exact) mass is 311 g/mol. The van der Waals surface area contributed by atoms with Crippen molar-refractivity contribution in [2.75, 3.05) is 0 Å². The molecule has 0 saturated carbocycles. The number of pyridine rings is 1. The number of amides is 1. The van der Waals surface area contributed by atoms with Gasteiger partial charge in [0.05, 0.1) is 5.71 Å². The summed E-state index contributed by atoms with van der Waals surface area (Å²) in [5.41, 5.74) is 7.52. The first-order valence-corrected chi connectivity index (χ1v) is 7.45. The molecule has 0 saturated heterocycles. The molecule has 1 N–H and O–H groups in total. The van der Waals surface area contributed by atoms with E-state index in [1.807, 2.05) is 20.8 Å². The Labute approximate surface area is 135 Å². The van der Waals surface area contributed by atoms with Crippen molar-refractivity contribution in [1.82, 2.24) is 9.99 Å². The molecule has 2 aromatic rings. The van der Waals surface area contributed by atoms with Gasteiger partial charge in [-0.3, -0.25) is 9.59 Å². The van der Waals surface area contributed by atoms with Crippen molar-refractivity contribution >= 4 is 11.6 Å². The highest BCUT2D eigenvalue weighted by atomic mass is 16.2. The Morgan fingerprint density at radius 3 is 2.43 bits per heavy atom. The SMILES string of the molecule is C/C(=N/NC(=O)Cn1ccccc1=O)c1c(C)cc(C)cc1C. The Hall–Kier alpha value is -2.69. The van der Waals surface area contributed by atoms with Gasteiger partial charge in [0.1, 0.15) is 6.54 Å². The van der Waals surface area contributed by atoms with Gasteiger partial charge in [-0.15, -0.1) is 0 Å². The van der Waals surface area contributed by atoms with Crippen LogP contribution in [0.1, 0.15) is 29.2 Å². The predicted molar refractivity (Wildman–Crippen MR) is 91.7 cm³/mol. The van der Waals surface area contributed by atoms with E-state index in [1.54, 1.807) is 18.3 Å². The summed E-state index contributed by atoms with van der Waals surface area (Å²) in [5, 5.41) is 4.17. The Kier molecular flexibility index (Phi) is 5.11. The normalized spacial score (nSPS) is 11.4. The van der Waals surface area contributed by atoms with Crippen LogP contribution in [0.2, 0.25) is 0 Å². The molecule has 120 valence electrons. The lowest BCUT2D eigenvalue weighted by molar-refractivity contribution is -0.121. The lowest BCUT2D eigenvalue weighted by atomic mass is 9.97. The van der Waals surface area contributed by atoms with E-state index in [9.17, 15) is 9.59 Å². The summed E-state index contributed by atoms with van der Waals surface area (Å²) >= 11 is 0. The van der Waals surface area contributed by atoms with E-state index in [2.05, 4.69) is 29.6 Å². The number of benzene rings is 1. The molecule has 0 bridgehead atoms. The van der Waals surface area contributed by atoms with Crippen LogP contribution < -0.4 is 11.0 Å². The molecule has 1 aromatic heterocycles. The predicted octanol–water partition coefficient (Wildman–Crippen LogP) is 2.31. The van der Waals surface area contributed by atoms with Gasteiger partial charge in [-0.05, 0) is 44.9 Å². The minimum absolute atomic E-state index is 0.0533. The molecule has 1 heterocycles. The highest BCUT2D eigenvalue weighted by Crippen LogP contribution is 2.17.